The molecule has 1 aliphatic heterocycles. The fraction of sp³-hybridized carbons (Fsp3) is 0.435. The fourth-order valence-corrected chi connectivity index (χ4v) is 3.74. The van der Waals surface area contributed by atoms with Crippen LogP contribution in [0.2, 0.25) is 0 Å². The van der Waals surface area contributed by atoms with E-state index in [0.717, 1.165) is 38.5 Å². The van der Waals surface area contributed by atoms with Crippen LogP contribution in [0.3, 0.4) is 0 Å². The smallest absolute Gasteiger partial charge is 0.171 e. The summed E-state index contributed by atoms with van der Waals surface area (Å²) in [5, 5.41) is 7.55. The van der Waals surface area contributed by atoms with Crippen molar-refractivity contribution >= 4 is 23.0 Å². The summed E-state index contributed by atoms with van der Waals surface area (Å²) in [5.74, 6) is 0.529. The van der Waals surface area contributed by atoms with Crippen LogP contribution in [-0.2, 0) is 4.74 Å². The lowest BCUT2D eigenvalue weighted by Gasteiger charge is -2.29. The number of aryl methyl sites for hydroxylation is 1. The number of anilines is 1. The molecule has 0 unspecified atom stereocenters. The molecule has 0 aliphatic carbocycles. The van der Waals surface area contributed by atoms with Gasteiger partial charge in [-0.25, -0.2) is 0 Å². The molecule has 3 N–H and O–H groups in total. The Morgan fingerprint density at radius 3 is 2.21 bits per heavy atom. The van der Waals surface area contributed by atoms with Gasteiger partial charge in [0.15, 0.2) is 5.11 Å². The van der Waals surface area contributed by atoms with Gasteiger partial charge < -0.3 is 20.3 Å². The normalized spacial score (nSPS) is 16.0. The Morgan fingerprint density at radius 1 is 1.00 bits per heavy atom. The highest BCUT2D eigenvalue weighted by molar-refractivity contribution is 7.80. The lowest BCUT2D eigenvalue weighted by atomic mass is 10.0. The van der Waals surface area contributed by atoms with Gasteiger partial charge in [0.1, 0.15) is 25.7 Å². The van der Waals surface area contributed by atoms with E-state index in [1.54, 1.807) is 4.90 Å². The van der Waals surface area contributed by atoms with Crippen molar-refractivity contribution in [3.05, 3.63) is 65.2 Å². The summed E-state index contributed by atoms with van der Waals surface area (Å²) in [5.41, 5.74) is 4.89. The third kappa shape index (κ3) is 6.03. The van der Waals surface area contributed by atoms with Crippen molar-refractivity contribution in [3.8, 4) is 0 Å². The highest BCUT2D eigenvalue weighted by Gasteiger charge is 2.22. The number of hydrogen-bond donors (Lipinski definition) is 3. The standard InChI is InChI=1S/C23H31N3OS/c1-17(2)19-8-10-21(11-9-19)24-23(28)25-22(16-26-12-14-27-15-13-26)20-6-4-18(3)5-7-20/h4-11,17,22H,12-16H2,1-3H3,(H2,24,25,28)/p+1/t22-/m1/s1. The maximum absolute atomic E-state index is 5.63. The van der Waals surface area contributed by atoms with E-state index < -0.39 is 0 Å². The summed E-state index contributed by atoms with van der Waals surface area (Å²) in [6.45, 7) is 11.3. The molecule has 0 aromatic heterocycles. The zero-order valence-electron chi connectivity index (χ0n) is 17.1. The summed E-state index contributed by atoms with van der Waals surface area (Å²) in [4.78, 5) is 1.55. The molecular formula is C23H32N3OS+. The first-order valence-corrected chi connectivity index (χ1v) is 10.6. The van der Waals surface area contributed by atoms with Crippen molar-refractivity contribution < 1.29 is 9.64 Å². The maximum atomic E-state index is 5.63. The molecule has 150 valence electrons. The Labute approximate surface area is 174 Å². The lowest BCUT2D eigenvalue weighted by Crippen LogP contribution is -3.14. The number of thiocarbonyl (C=S) groups is 1. The molecule has 0 amide bonds. The topological polar surface area (TPSA) is 37.7 Å². The molecule has 0 bridgehead atoms. The van der Waals surface area contributed by atoms with Gasteiger partial charge in [-0.1, -0.05) is 55.8 Å². The van der Waals surface area contributed by atoms with Crippen LogP contribution in [0.1, 0.15) is 42.5 Å². The molecule has 28 heavy (non-hydrogen) atoms. The lowest BCUT2D eigenvalue weighted by molar-refractivity contribution is -0.909. The summed E-state index contributed by atoms with van der Waals surface area (Å²) in [7, 11) is 0. The van der Waals surface area contributed by atoms with Crippen molar-refractivity contribution in [2.24, 2.45) is 0 Å². The molecule has 5 heteroatoms. The van der Waals surface area contributed by atoms with E-state index in [1.165, 1.54) is 16.7 Å². The first-order valence-electron chi connectivity index (χ1n) is 10.2. The minimum absolute atomic E-state index is 0.170. The van der Waals surface area contributed by atoms with Gasteiger partial charge >= 0.3 is 0 Å². The van der Waals surface area contributed by atoms with Gasteiger partial charge in [0, 0.05) is 5.69 Å². The van der Waals surface area contributed by atoms with Gasteiger partial charge in [-0.05, 0) is 48.3 Å². The van der Waals surface area contributed by atoms with Crippen LogP contribution >= 0.6 is 12.2 Å². The Hall–Kier alpha value is -1.95. The van der Waals surface area contributed by atoms with Crippen LogP contribution in [0.15, 0.2) is 48.5 Å². The molecule has 1 aliphatic rings. The highest BCUT2D eigenvalue weighted by atomic mass is 32.1. The number of ether oxygens (including phenoxy) is 1. The van der Waals surface area contributed by atoms with E-state index in [-0.39, 0.29) is 6.04 Å². The number of nitrogens with one attached hydrogen (secondary N) is 3. The maximum Gasteiger partial charge on any atom is 0.171 e. The molecule has 1 saturated heterocycles. The predicted molar refractivity (Wildman–Crippen MR) is 120 cm³/mol. The molecule has 3 rings (SSSR count). The van der Waals surface area contributed by atoms with E-state index >= 15 is 0 Å². The van der Waals surface area contributed by atoms with Crippen LogP contribution in [0.25, 0.3) is 0 Å². The molecule has 0 saturated carbocycles. The number of benzene rings is 2. The summed E-state index contributed by atoms with van der Waals surface area (Å²) in [6, 6.07) is 17.4. The van der Waals surface area contributed by atoms with Gasteiger partial charge in [-0.2, -0.15) is 0 Å². The van der Waals surface area contributed by atoms with Crippen LogP contribution in [0.5, 0.6) is 0 Å². The number of hydrogen-bond acceptors (Lipinski definition) is 2. The molecule has 1 fully saturated rings. The van der Waals surface area contributed by atoms with Crippen molar-refractivity contribution in [2.45, 2.75) is 32.7 Å². The predicted octanol–water partition coefficient (Wildman–Crippen LogP) is 3.06. The molecule has 0 spiro atoms. The van der Waals surface area contributed by atoms with Gasteiger partial charge in [0.05, 0.1) is 13.2 Å². The van der Waals surface area contributed by atoms with Gasteiger partial charge in [0.25, 0.3) is 0 Å². The molecule has 1 atom stereocenters. The molecule has 2 aromatic carbocycles. The summed E-state index contributed by atoms with van der Waals surface area (Å²) in [6.07, 6.45) is 0. The van der Waals surface area contributed by atoms with Crippen LogP contribution in [-0.4, -0.2) is 38.0 Å². The van der Waals surface area contributed by atoms with Gasteiger partial charge in [0.2, 0.25) is 0 Å². The van der Waals surface area contributed by atoms with E-state index in [4.69, 9.17) is 17.0 Å². The zero-order chi connectivity index (χ0) is 19.9. The van der Waals surface area contributed by atoms with Gasteiger partial charge in [-0.3, -0.25) is 0 Å². The SMILES string of the molecule is Cc1ccc([C@@H](C[NH+]2CCOCC2)NC(=S)Nc2ccc(C(C)C)cc2)cc1. The summed E-state index contributed by atoms with van der Waals surface area (Å²) >= 11 is 5.63. The van der Waals surface area contributed by atoms with E-state index in [9.17, 15) is 0 Å². The van der Waals surface area contributed by atoms with Crippen LogP contribution in [0, 0.1) is 6.92 Å². The van der Waals surface area contributed by atoms with Crippen molar-refractivity contribution in [1.29, 1.82) is 0 Å². The molecule has 0 radical (unpaired) electrons. The van der Waals surface area contributed by atoms with Crippen molar-refractivity contribution in [1.82, 2.24) is 5.32 Å². The average molecular weight is 399 g/mol. The second-order valence-electron chi connectivity index (χ2n) is 7.90. The van der Waals surface area contributed by atoms with Crippen LogP contribution < -0.4 is 15.5 Å². The Bertz CT molecular complexity index is 752. The fourth-order valence-electron chi connectivity index (χ4n) is 3.48. The number of quaternary nitrogens is 1. The van der Waals surface area contributed by atoms with E-state index in [2.05, 4.69) is 79.9 Å². The average Bonchev–Trinajstić information content (AvgIpc) is 2.69. The second kappa shape index (κ2) is 10.0. The largest absolute Gasteiger partial charge is 0.370 e. The quantitative estimate of drug-likeness (QED) is 0.654. The third-order valence-corrected chi connectivity index (χ3v) is 5.53. The first kappa shape index (κ1) is 20.8. The Kier molecular flexibility index (Phi) is 7.43. The second-order valence-corrected chi connectivity index (χ2v) is 8.31. The first-order chi connectivity index (χ1) is 13.5. The van der Waals surface area contributed by atoms with Crippen molar-refractivity contribution in [2.75, 3.05) is 38.2 Å². The molecular weight excluding hydrogens is 366 g/mol. The third-order valence-electron chi connectivity index (χ3n) is 5.31. The monoisotopic (exact) mass is 398 g/mol. The van der Waals surface area contributed by atoms with E-state index in [0.29, 0.717) is 11.0 Å². The Morgan fingerprint density at radius 2 is 1.61 bits per heavy atom. The Balaban J connectivity index is 1.66. The van der Waals surface area contributed by atoms with Crippen molar-refractivity contribution in [3.63, 3.8) is 0 Å². The molecule has 1 heterocycles. The molecule has 4 nitrogen and oxygen atoms in total. The van der Waals surface area contributed by atoms with Gasteiger partial charge in [-0.15, -0.1) is 0 Å². The van der Waals surface area contributed by atoms with Crippen LogP contribution in [0.4, 0.5) is 5.69 Å². The summed E-state index contributed by atoms with van der Waals surface area (Å²) < 4.78 is 5.51. The minimum atomic E-state index is 0.170. The molecule has 2 aromatic rings. The number of morpholine rings is 1. The zero-order valence-corrected chi connectivity index (χ0v) is 17.9. The number of rotatable bonds is 6. The minimum Gasteiger partial charge on any atom is -0.370 e. The van der Waals surface area contributed by atoms with E-state index in [1.807, 2.05) is 0 Å². The highest BCUT2D eigenvalue weighted by Crippen LogP contribution is 2.18.